The molecule has 1 aromatic heterocycles. The molecule has 1 saturated heterocycles. The SMILES string of the molecule is CC(=O)COC(=O)c1cccnc1N1CCCC1. The van der Waals surface area contributed by atoms with Crippen LogP contribution in [0.15, 0.2) is 18.3 Å². The minimum absolute atomic E-state index is 0.171. The summed E-state index contributed by atoms with van der Waals surface area (Å²) in [6.45, 7) is 3.01. The van der Waals surface area contributed by atoms with Crippen LogP contribution in [0.2, 0.25) is 0 Å². The zero-order chi connectivity index (χ0) is 13.0. The first-order valence-corrected chi connectivity index (χ1v) is 6.05. The van der Waals surface area contributed by atoms with E-state index in [1.54, 1.807) is 18.3 Å². The number of nitrogens with zero attached hydrogens (tertiary/aromatic N) is 2. The first-order chi connectivity index (χ1) is 8.68. The maximum atomic E-state index is 11.9. The molecule has 18 heavy (non-hydrogen) atoms. The highest BCUT2D eigenvalue weighted by Gasteiger charge is 2.21. The number of ketones is 1. The van der Waals surface area contributed by atoms with E-state index in [2.05, 4.69) is 9.88 Å². The van der Waals surface area contributed by atoms with E-state index < -0.39 is 5.97 Å². The fraction of sp³-hybridized carbons (Fsp3) is 0.462. The minimum Gasteiger partial charge on any atom is -0.454 e. The van der Waals surface area contributed by atoms with Crippen molar-refractivity contribution in [1.82, 2.24) is 4.98 Å². The van der Waals surface area contributed by atoms with Crippen LogP contribution in [-0.4, -0.2) is 36.4 Å². The predicted octanol–water partition coefficient (Wildman–Crippen LogP) is 1.43. The van der Waals surface area contributed by atoms with Gasteiger partial charge in [-0.25, -0.2) is 9.78 Å². The lowest BCUT2D eigenvalue weighted by Crippen LogP contribution is -2.23. The third-order valence-electron chi connectivity index (χ3n) is 2.82. The summed E-state index contributed by atoms with van der Waals surface area (Å²) in [7, 11) is 0. The van der Waals surface area contributed by atoms with Crippen LogP contribution >= 0.6 is 0 Å². The zero-order valence-corrected chi connectivity index (χ0v) is 10.4. The number of pyridine rings is 1. The van der Waals surface area contributed by atoms with Crippen molar-refractivity contribution in [3.05, 3.63) is 23.9 Å². The van der Waals surface area contributed by atoms with Crippen LogP contribution in [0.25, 0.3) is 0 Å². The van der Waals surface area contributed by atoms with Crippen molar-refractivity contribution in [2.75, 3.05) is 24.6 Å². The number of hydrogen-bond acceptors (Lipinski definition) is 5. The number of Topliss-reactive ketones (excluding diaryl/α,β-unsaturated/α-hetero) is 1. The van der Waals surface area contributed by atoms with E-state index in [1.165, 1.54) is 6.92 Å². The second kappa shape index (κ2) is 5.62. The number of carbonyl (C=O) groups is 2. The van der Waals surface area contributed by atoms with Gasteiger partial charge < -0.3 is 9.64 Å². The second-order valence-corrected chi connectivity index (χ2v) is 4.35. The molecular formula is C13H16N2O3. The van der Waals surface area contributed by atoms with E-state index in [0.717, 1.165) is 25.9 Å². The van der Waals surface area contributed by atoms with Gasteiger partial charge in [-0.15, -0.1) is 0 Å². The van der Waals surface area contributed by atoms with Gasteiger partial charge in [0.1, 0.15) is 18.0 Å². The lowest BCUT2D eigenvalue weighted by molar-refractivity contribution is -0.120. The Labute approximate surface area is 106 Å². The molecule has 0 N–H and O–H groups in total. The zero-order valence-electron chi connectivity index (χ0n) is 10.4. The number of carbonyl (C=O) groups excluding carboxylic acids is 2. The van der Waals surface area contributed by atoms with E-state index >= 15 is 0 Å². The van der Waals surface area contributed by atoms with Crippen LogP contribution in [-0.2, 0) is 9.53 Å². The molecule has 0 unspecified atom stereocenters. The van der Waals surface area contributed by atoms with Gasteiger partial charge in [0.05, 0.1) is 0 Å². The topological polar surface area (TPSA) is 59.5 Å². The third-order valence-corrected chi connectivity index (χ3v) is 2.82. The van der Waals surface area contributed by atoms with E-state index in [1.807, 2.05) is 0 Å². The molecule has 1 aliphatic rings. The number of ether oxygens (including phenoxy) is 1. The average molecular weight is 248 g/mol. The highest BCUT2D eigenvalue weighted by molar-refractivity contribution is 5.96. The van der Waals surface area contributed by atoms with Crippen molar-refractivity contribution in [3.63, 3.8) is 0 Å². The molecule has 96 valence electrons. The molecule has 0 amide bonds. The summed E-state index contributed by atoms with van der Waals surface area (Å²) < 4.78 is 4.93. The number of aromatic nitrogens is 1. The Morgan fingerprint density at radius 1 is 1.39 bits per heavy atom. The van der Waals surface area contributed by atoms with Gasteiger partial charge in [0.2, 0.25) is 0 Å². The van der Waals surface area contributed by atoms with Gasteiger partial charge in [-0.2, -0.15) is 0 Å². The number of hydrogen-bond donors (Lipinski definition) is 0. The van der Waals surface area contributed by atoms with Crippen molar-refractivity contribution < 1.29 is 14.3 Å². The summed E-state index contributed by atoms with van der Waals surface area (Å²) >= 11 is 0. The lowest BCUT2D eigenvalue weighted by atomic mass is 10.2. The minimum atomic E-state index is -0.486. The van der Waals surface area contributed by atoms with Crippen LogP contribution in [0.4, 0.5) is 5.82 Å². The molecule has 2 heterocycles. The van der Waals surface area contributed by atoms with Crippen molar-refractivity contribution >= 4 is 17.6 Å². The molecule has 1 aliphatic heterocycles. The highest BCUT2D eigenvalue weighted by atomic mass is 16.5. The maximum Gasteiger partial charge on any atom is 0.342 e. The molecule has 0 bridgehead atoms. The molecule has 0 aliphatic carbocycles. The second-order valence-electron chi connectivity index (χ2n) is 4.35. The fourth-order valence-electron chi connectivity index (χ4n) is 1.98. The van der Waals surface area contributed by atoms with Crippen molar-refractivity contribution in [2.45, 2.75) is 19.8 Å². The monoisotopic (exact) mass is 248 g/mol. The molecule has 0 spiro atoms. The molecule has 0 radical (unpaired) electrons. The Balaban J connectivity index is 2.16. The molecule has 0 aromatic carbocycles. The van der Waals surface area contributed by atoms with Gasteiger partial charge >= 0.3 is 5.97 Å². The number of rotatable bonds is 4. The number of esters is 1. The van der Waals surface area contributed by atoms with E-state index in [4.69, 9.17) is 4.74 Å². The van der Waals surface area contributed by atoms with E-state index in [9.17, 15) is 9.59 Å². The van der Waals surface area contributed by atoms with Crippen LogP contribution in [0, 0.1) is 0 Å². The lowest BCUT2D eigenvalue weighted by Gasteiger charge is -2.18. The molecule has 1 fully saturated rings. The van der Waals surface area contributed by atoms with E-state index in [-0.39, 0.29) is 12.4 Å². The summed E-state index contributed by atoms with van der Waals surface area (Å²) in [6, 6.07) is 3.38. The van der Waals surface area contributed by atoms with Gasteiger partial charge in [0, 0.05) is 19.3 Å². The standard InChI is InChI=1S/C13H16N2O3/c1-10(16)9-18-13(17)11-5-4-6-14-12(11)15-7-2-3-8-15/h4-6H,2-3,7-9H2,1H3. The highest BCUT2D eigenvalue weighted by Crippen LogP contribution is 2.22. The Morgan fingerprint density at radius 2 is 2.11 bits per heavy atom. The van der Waals surface area contributed by atoms with Crippen LogP contribution in [0.5, 0.6) is 0 Å². The van der Waals surface area contributed by atoms with Gasteiger partial charge in [-0.1, -0.05) is 0 Å². The molecular weight excluding hydrogens is 232 g/mol. The normalized spacial score (nSPS) is 14.6. The first kappa shape index (κ1) is 12.5. The van der Waals surface area contributed by atoms with Crippen molar-refractivity contribution in [3.8, 4) is 0 Å². The molecule has 0 saturated carbocycles. The quantitative estimate of drug-likeness (QED) is 0.754. The van der Waals surface area contributed by atoms with Crippen molar-refractivity contribution in [2.24, 2.45) is 0 Å². The third kappa shape index (κ3) is 2.85. The predicted molar refractivity (Wildman–Crippen MR) is 66.6 cm³/mol. The molecule has 0 atom stereocenters. The Hall–Kier alpha value is -1.91. The average Bonchev–Trinajstić information content (AvgIpc) is 2.89. The first-order valence-electron chi connectivity index (χ1n) is 6.05. The molecule has 5 heteroatoms. The largest absolute Gasteiger partial charge is 0.454 e. The van der Waals surface area contributed by atoms with Crippen molar-refractivity contribution in [1.29, 1.82) is 0 Å². The Kier molecular flexibility index (Phi) is 3.92. The smallest absolute Gasteiger partial charge is 0.342 e. The van der Waals surface area contributed by atoms with Gasteiger partial charge in [0.25, 0.3) is 0 Å². The Bertz CT molecular complexity index is 453. The summed E-state index contributed by atoms with van der Waals surface area (Å²) in [6.07, 6.45) is 3.88. The van der Waals surface area contributed by atoms with Crippen LogP contribution < -0.4 is 4.90 Å². The van der Waals surface area contributed by atoms with Gasteiger partial charge in [-0.3, -0.25) is 4.79 Å². The Morgan fingerprint density at radius 3 is 2.78 bits per heavy atom. The van der Waals surface area contributed by atoms with E-state index in [0.29, 0.717) is 11.4 Å². The molecule has 1 aromatic rings. The van der Waals surface area contributed by atoms with Gasteiger partial charge in [0.15, 0.2) is 5.78 Å². The summed E-state index contributed by atoms with van der Waals surface area (Å²) in [4.78, 5) is 29.0. The summed E-state index contributed by atoms with van der Waals surface area (Å²) in [5, 5.41) is 0. The van der Waals surface area contributed by atoms with Gasteiger partial charge in [-0.05, 0) is 31.9 Å². The van der Waals surface area contributed by atoms with Crippen LogP contribution in [0.1, 0.15) is 30.1 Å². The summed E-state index contributed by atoms with van der Waals surface area (Å²) in [5.41, 5.74) is 0.431. The maximum absolute atomic E-state index is 11.9. The van der Waals surface area contributed by atoms with Crippen LogP contribution in [0.3, 0.4) is 0 Å². The molecule has 2 rings (SSSR count). The molecule has 5 nitrogen and oxygen atoms in total. The number of anilines is 1. The summed E-state index contributed by atoms with van der Waals surface area (Å²) in [5.74, 6) is -0.00119. The fourth-order valence-corrected chi connectivity index (χ4v) is 1.98.